The van der Waals surface area contributed by atoms with Gasteiger partial charge in [-0.15, -0.1) is 0 Å². The number of hydrogen-bond donors (Lipinski definition) is 0. The second-order valence-corrected chi connectivity index (χ2v) is 6.51. The first kappa shape index (κ1) is 17.5. The number of rotatable bonds is 5. The molecule has 1 heterocycles. The molecule has 25 heavy (non-hydrogen) atoms. The summed E-state index contributed by atoms with van der Waals surface area (Å²) in [7, 11) is 0. The molecule has 0 radical (unpaired) electrons. The van der Waals surface area contributed by atoms with E-state index in [9.17, 15) is 9.18 Å². The van der Waals surface area contributed by atoms with Crippen molar-refractivity contribution in [3.63, 3.8) is 0 Å². The summed E-state index contributed by atoms with van der Waals surface area (Å²) in [4.78, 5) is 16.6. The molecular formula is C21H25FN2O. The van der Waals surface area contributed by atoms with Crippen molar-refractivity contribution in [2.24, 2.45) is 0 Å². The molecule has 0 saturated carbocycles. The van der Waals surface area contributed by atoms with Crippen LogP contribution in [0.1, 0.15) is 24.5 Å². The highest BCUT2D eigenvalue weighted by Crippen LogP contribution is 2.17. The monoisotopic (exact) mass is 340 g/mol. The van der Waals surface area contributed by atoms with Crippen molar-refractivity contribution in [2.45, 2.75) is 26.2 Å². The molecule has 0 atom stereocenters. The Bertz CT molecular complexity index is 689. The summed E-state index contributed by atoms with van der Waals surface area (Å²) in [6, 6.07) is 15.1. The van der Waals surface area contributed by atoms with Gasteiger partial charge in [0.15, 0.2) is 0 Å². The number of benzene rings is 2. The van der Waals surface area contributed by atoms with Crippen molar-refractivity contribution >= 4 is 11.6 Å². The number of amides is 1. The fourth-order valence-corrected chi connectivity index (χ4v) is 3.22. The van der Waals surface area contributed by atoms with Crippen molar-refractivity contribution in [3.8, 4) is 0 Å². The van der Waals surface area contributed by atoms with Crippen molar-refractivity contribution < 1.29 is 9.18 Å². The van der Waals surface area contributed by atoms with Crippen LogP contribution >= 0.6 is 0 Å². The van der Waals surface area contributed by atoms with Crippen molar-refractivity contribution in [1.82, 2.24) is 4.90 Å². The Morgan fingerprint density at radius 1 is 0.920 bits per heavy atom. The van der Waals surface area contributed by atoms with E-state index >= 15 is 0 Å². The van der Waals surface area contributed by atoms with Crippen LogP contribution in [0.25, 0.3) is 0 Å². The van der Waals surface area contributed by atoms with E-state index in [4.69, 9.17) is 0 Å². The molecule has 1 aliphatic heterocycles. The fourth-order valence-electron chi connectivity index (χ4n) is 3.22. The molecule has 0 aliphatic carbocycles. The highest BCUT2D eigenvalue weighted by Gasteiger charge is 2.21. The quantitative estimate of drug-likeness (QED) is 0.829. The largest absolute Gasteiger partial charge is 0.368 e. The van der Waals surface area contributed by atoms with Gasteiger partial charge in [-0.3, -0.25) is 4.79 Å². The number of halogens is 1. The van der Waals surface area contributed by atoms with Gasteiger partial charge >= 0.3 is 0 Å². The van der Waals surface area contributed by atoms with Crippen LogP contribution in [0.15, 0.2) is 48.5 Å². The number of carbonyl (C=O) groups excluding carboxylic acids is 1. The molecule has 1 aliphatic rings. The Morgan fingerprint density at radius 2 is 1.52 bits per heavy atom. The zero-order valence-electron chi connectivity index (χ0n) is 14.7. The number of carbonyl (C=O) groups is 1. The van der Waals surface area contributed by atoms with Crippen molar-refractivity contribution in [3.05, 3.63) is 65.5 Å². The second-order valence-electron chi connectivity index (χ2n) is 6.51. The third-order valence-corrected chi connectivity index (χ3v) is 4.88. The Kier molecular flexibility index (Phi) is 5.69. The van der Waals surface area contributed by atoms with Gasteiger partial charge < -0.3 is 9.80 Å². The fraction of sp³-hybridized carbons (Fsp3) is 0.381. The van der Waals surface area contributed by atoms with Crippen LogP contribution in [0.4, 0.5) is 10.1 Å². The smallest absolute Gasteiger partial charge is 0.223 e. The molecule has 0 bridgehead atoms. The number of anilines is 1. The first-order chi connectivity index (χ1) is 12.2. The summed E-state index contributed by atoms with van der Waals surface area (Å²) in [5.41, 5.74) is 3.56. The third kappa shape index (κ3) is 4.59. The van der Waals surface area contributed by atoms with Crippen LogP contribution in [-0.2, 0) is 17.6 Å². The van der Waals surface area contributed by atoms with Gasteiger partial charge in [0.05, 0.1) is 0 Å². The van der Waals surface area contributed by atoms with Gasteiger partial charge in [0.1, 0.15) is 5.82 Å². The number of nitrogens with zero attached hydrogens (tertiary/aromatic N) is 2. The van der Waals surface area contributed by atoms with Gasteiger partial charge in [-0.05, 0) is 48.2 Å². The van der Waals surface area contributed by atoms with E-state index < -0.39 is 0 Å². The summed E-state index contributed by atoms with van der Waals surface area (Å²) in [5, 5.41) is 0. The summed E-state index contributed by atoms with van der Waals surface area (Å²) < 4.78 is 13.0. The van der Waals surface area contributed by atoms with E-state index in [1.807, 2.05) is 4.90 Å². The molecule has 132 valence electrons. The van der Waals surface area contributed by atoms with Gasteiger partial charge in [0.2, 0.25) is 5.91 Å². The maximum atomic E-state index is 13.0. The average molecular weight is 340 g/mol. The number of hydrogen-bond acceptors (Lipinski definition) is 2. The lowest BCUT2D eigenvalue weighted by atomic mass is 10.1. The predicted molar refractivity (Wildman–Crippen MR) is 99.3 cm³/mol. The van der Waals surface area contributed by atoms with Gasteiger partial charge in [-0.2, -0.15) is 0 Å². The maximum Gasteiger partial charge on any atom is 0.223 e. The normalized spacial score (nSPS) is 14.6. The van der Waals surface area contributed by atoms with Crippen LogP contribution in [0.3, 0.4) is 0 Å². The van der Waals surface area contributed by atoms with Crippen LogP contribution < -0.4 is 4.90 Å². The SMILES string of the molecule is CCc1ccc(CCC(=O)N2CCN(c3ccc(F)cc3)CC2)cc1. The van der Waals surface area contributed by atoms with Gasteiger partial charge in [0.25, 0.3) is 0 Å². The minimum absolute atomic E-state index is 0.218. The third-order valence-electron chi connectivity index (χ3n) is 4.88. The van der Waals surface area contributed by atoms with Gasteiger partial charge in [-0.1, -0.05) is 31.2 Å². The molecule has 0 aromatic heterocycles. The lowest BCUT2D eigenvalue weighted by molar-refractivity contribution is -0.131. The van der Waals surface area contributed by atoms with Crippen molar-refractivity contribution in [2.75, 3.05) is 31.1 Å². The molecule has 3 rings (SSSR count). The molecule has 1 fully saturated rings. The molecule has 0 spiro atoms. The molecular weight excluding hydrogens is 315 g/mol. The molecule has 3 nitrogen and oxygen atoms in total. The average Bonchev–Trinajstić information content (AvgIpc) is 2.67. The van der Waals surface area contributed by atoms with E-state index in [2.05, 4.69) is 36.1 Å². The molecule has 1 saturated heterocycles. The van der Waals surface area contributed by atoms with Crippen LogP contribution in [0.2, 0.25) is 0 Å². The van der Waals surface area contributed by atoms with Crippen LogP contribution in [-0.4, -0.2) is 37.0 Å². The molecule has 0 unspecified atom stereocenters. The number of piperazine rings is 1. The first-order valence-corrected chi connectivity index (χ1v) is 9.02. The highest BCUT2D eigenvalue weighted by molar-refractivity contribution is 5.76. The van der Waals surface area contributed by atoms with Crippen molar-refractivity contribution in [1.29, 1.82) is 0 Å². The predicted octanol–water partition coefficient (Wildman–Crippen LogP) is 3.67. The zero-order valence-corrected chi connectivity index (χ0v) is 14.7. The van der Waals surface area contributed by atoms with Crippen LogP contribution in [0.5, 0.6) is 0 Å². The summed E-state index contributed by atoms with van der Waals surface area (Å²) in [5.74, 6) is 0.00265. The molecule has 2 aromatic carbocycles. The van der Waals surface area contributed by atoms with Gasteiger partial charge in [0, 0.05) is 38.3 Å². The summed E-state index contributed by atoms with van der Waals surface area (Å²) >= 11 is 0. The first-order valence-electron chi connectivity index (χ1n) is 9.02. The Balaban J connectivity index is 1.47. The number of aryl methyl sites for hydroxylation is 2. The standard InChI is InChI=1S/C21H25FN2O/c1-2-17-3-5-18(6-4-17)7-12-21(25)24-15-13-23(14-16-24)20-10-8-19(22)9-11-20/h3-6,8-11H,2,7,12-16H2,1H3. The summed E-state index contributed by atoms with van der Waals surface area (Å²) in [6.45, 7) is 5.19. The van der Waals surface area contributed by atoms with E-state index in [0.717, 1.165) is 44.7 Å². The topological polar surface area (TPSA) is 23.6 Å². The Morgan fingerprint density at radius 3 is 2.12 bits per heavy atom. The molecule has 0 N–H and O–H groups in total. The lowest BCUT2D eigenvalue weighted by Gasteiger charge is -2.36. The second kappa shape index (κ2) is 8.15. The minimum Gasteiger partial charge on any atom is -0.368 e. The maximum absolute atomic E-state index is 13.0. The van der Waals surface area contributed by atoms with E-state index in [1.165, 1.54) is 23.3 Å². The molecule has 1 amide bonds. The van der Waals surface area contributed by atoms with Crippen LogP contribution in [0, 0.1) is 5.82 Å². The summed E-state index contributed by atoms with van der Waals surface area (Å²) in [6.07, 6.45) is 2.39. The molecule has 4 heteroatoms. The highest BCUT2D eigenvalue weighted by atomic mass is 19.1. The van der Waals surface area contributed by atoms with E-state index in [0.29, 0.717) is 6.42 Å². The van der Waals surface area contributed by atoms with E-state index in [-0.39, 0.29) is 11.7 Å². The minimum atomic E-state index is -0.218. The zero-order chi connectivity index (χ0) is 17.6. The molecule has 2 aromatic rings. The lowest BCUT2D eigenvalue weighted by Crippen LogP contribution is -2.48. The Hall–Kier alpha value is -2.36. The Labute approximate surface area is 149 Å². The van der Waals surface area contributed by atoms with E-state index in [1.54, 1.807) is 12.1 Å². The van der Waals surface area contributed by atoms with Gasteiger partial charge in [-0.25, -0.2) is 4.39 Å².